The molecule has 7 atom stereocenters. The lowest BCUT2D eigenvalue weighted by atomic mass is 9.43. The van der Waals surface area contributed by atoms with Gasteiger partial charge in [0.25, 0.3) is 0 Å². The van der Waals surface area contributed by atoms with Crippen LogP contribution in [0.15, 0.2) is 11.6 Å². The summed E-state index contributed by atoms with van der Waals surface area (Å²) in [4.78, 5) is 26.3. The minimum Gasteiger partial charge on any atom is -0.481 e. The van der Waals surface area contributed by atoms with Crippen molar-refractivity contribution in [2.45, 2.75) is 91.9 Å². The topological polar surface area (TPSA) is 72.8 Å². The van der Waals surface area contributed by atoms with Crippen LogP contribution in [-0.2, 0) is 19.1 Å². The predicted octanol–water partition coefficient (Wildman–Crippen LogP) is 6.26. The number of carbonyl (C=O) groups excluding carboxylic acids is 1. The average molecular weight is 475 g/mol. The molecule has 0 aromatic carbocycles. The van der Waals surface area contributed by atoms with E-state index in [0.717, 1.165) is 37.5 Å². The van der Waals surface area contributed by atoms with Crippen molar-refractivity contribution in [3.05, 3.63) is 11.6 Å². The van der Waals surface area contributed by atoms with Gasteiger partial charge < -0.3 is 19.4 Å². The molecule has 3 fully saturated rings. The summed E-state index contributed by atoms with van der Waals surface area (Å²) in [6.07, 6.45) is 14.2. The summed E-state index contributed by atoms with van der Waals surface area (Å²) in [5, 5.41) is 10.9. The molecule has 0 heterocycles. The Morgan fingerprint density at radius 3 is 2.56 bits per heavy atom. The zero-order valence-corrected chi connectivity index (χ0v) is 21.8. The van der Waals surface area contributed by atoms with Crippen LogP contribution >= 0.6 is 0 Å². The van der Waals surface area contributed by atoms with Crippen molar-refractivity contribution in [1.29, 1.82) is 0 Å². The zero-order chi connectivity index (χ0) is 24.6. The van der Waals surface area contributed by atoms with Gasteiger partial charge in [-0.25, -0.2) is 0 Å². The van der Waals surface area contributed by atoms with Crippen LogP contribution < -0.4 is 0 Å². The maximum atomic E-state index is 13.3. The van der Waals surface area contributed by atoms with Crippen molar-refractivity contribution in [1.82, 2.24) is 0 Å². The molecule has 5 nitrogen and oxygen atoms in total. The zero-order valence-electron chi connectivity index (χ0n) is 21.8. The van der Waals surface area contributed by atoms with E-state index in [2.05, 4.69) is 33.8 Å². The second-order valence-electron chi connectivity index (χ2n) is 12.1. The number of allylic oxidation sites excluding steroid dienone is 1. The van der Waals surface area contributed by atoms with E-state index in [1.807, 2.05) is 0 Å². The average Bonchev–Trinajstić information content (AvgIpc) is 3.37. The van der Waals surface area contributed by atoms with Gasteiger partial charge in [0.15, 0.2) is 0 Å². The Kier molecular flexibility index (Phi) is 7.65. The number of ether oxygens (including phenoxy) is 2. The summed E-state index contributed by atoms with van der Waals surface area (Å²) >= 11 is 0. The normalized spacial score (nSPS) is 40.0. The fraction of sp³-hybridized carbons (Fsp3) is 0.862. The number of unbranched alkanes of at least 4 members (excludes halogenated alkanes) is 5. The van der Waals surface area contributed by atoms with Gasteiger partial charge >= 0.3 is 5.97 Å². The molecule has 4 rings (SSSR count). The molecular formula is C29H46O5. The largest absolute Gasteiger partial charge is 0.481 e. The van der Waals surface area contributed by atoms with Gasteiger partial charge in [-0.2, -0.15) is 0 Å². The number of carboxylic acids is 1. The van der Waals surface area contributed by atoms with E-state index in [1.54, 1.807) is 0 Å². The molecule has 4 aliphatic rings. The van der Waals surface area contributed by atoms with Crippen molar-refractivity contribution in [3.63, 3.8) is 0 Å². The van der Waals surface area contributed by atoms with Crippen LogP contribution in [-0.4, -0.2) is 37.4 Å². The minimum atomic E-state index is -1.15. The Morgan fingerprint density at radius 1 is 1.15 bits per heavy atom. The van der Waals surface area contributed by atoms with Crippen LogP contribution in [0.2, 0.25) is 0 Å². The summed E-state index contributed by atoms with van der Waals surface area (Å²) in [5.74, 6) is 0.464. The van der Waals surface area contributed by atoms with Crippen LogP contribution in [0.3, 0.4) is 0 Å². The van der Waals surface area contributed by atoms with Crippen molar-refractivity contribution >= 4 is 12.3 Å². The molecular weight excluding hydrogens is 428 g/mol. The SMILES string of the molecule is CCCCCCCCOCOC[C@]12C[C@H]3[C@@H](C)CC[C@@H]3[C@]3(C=O)C[C@H]1C=C(C(C)C)[C@]23C(=O)O. The van der Waals surface area contributed by atoms with Crippen LogP contribution in [0.4, 0.5) is 0 Å². The molecule has 0 aliphatic heterocycles. The summed E-state index contributed by atoms with van der Waals surface area (Å²) in [6.45, 7) is 9.92. The van der Waals surface area contributed by atoms with Gasteiger partial charge in [-0.05, 0) is 55.3 Å². The number of hydrogen-bond donors (Lipinski definition) is 1. The monoisotopic (exact) mass is 474 g/mol. The maximum Gasteiger partial charge on any atom is 0.315 e. The molecule has 0 unspecified atom stereocenters. The molecule has 0 spiro atoms. The van der Waals surface area contributed by atoms with E-state index in [0.29, 0.717) is 31.5 Å². The van der Waals surface area contributed by atoms with Crippen LogP contribution in [0.25, 0.3) is 0 Å². The molecule has 0 radical (unpaired) electrons. The standard InChI is InChI=1S/C29H46O5/c1-5-6-7-8-9-10-13-33-19-34-18-28-16-23-21(4)11-12-24(23)27(17-30)15-22(28)14-25(20(2)3)29(27,28)26(31)32/h14,17,20-24H,5-13,15-16,18-19H2,1-4H3,(H,31,32)/t21-,22+,23-,24-,27+,28+,29+/m0/s1. The van der Waals surface area contributed by atoms with Gasteiger partial charge in [0.05, 0.1) is 12.0 Å². The quantitative estimate of drug-likeness (QED) is 0.139. The fourth-order valence-electron chi connectivity index (χ4n) is 8.96. The van der Waals surface area contributed by atoms with Crippen LogP contribution in [0.5, 0.6) is 0 Å². The Bertz CT molecular complexity index is 789. The fourth-order valence-corrected chi connectivity index (χ4v) is 8.96. The van der Waals surface area contributed by atoms with E-state index in [-0.39, 0.29) is 24.5 Å². The van der Waals surface area contributed by atoms with E-state index in [4.69, 9.17) is 9.47 Å². The van der Waals surface area contributed by atoms with E-state index in [1.165, 1.54) is 32.1 Å². The summed E-state index contributed by atoms with van der Waals surface area (Å²) in [6, 6.07) is 0. The molecule has 34 heavy (non-hydrogen) atoms. The number of carboxylic acid groups (broad SMARTS) is 1. The number of aliphatic carboxylic acids is 1. The number of aldehydes is 1. The van der Waals surface area contributed by atoms with Gasteiger partial charge in [0.1, 0.15) is 18.5 Å². The molecule has 3 saturated carbocycles. The molecule has 192 valence electrons. The predicted molar refractivity (Wildman–Crippen MR) is 132 cm³/mol. The Morgan fingerprint density at radius 2 is 1.88 bits per heavy atom. The summed E-state index contributed by atoms with van der Waals surface area (Å²) in [7, 11) is 0. The first-order valence-electron chi connectivity index (χ1n) is 13.9. The van der Waals surface area contributed by atoms with E-state index in [9.17, 15) is 14.7 Å². The number of carbonyl (C=O) groups is 2. The smallest absolute Gasteiger partial charge is 0.315 e. The van der Waals surface area contributed by atoms with Crippen molar-refractivity contribution < 1.29 is 24.2 Å². The van der Waals surface area contributed by atoms with Gasteiger partial charge in [-0.3, -0.25) is 4.79 Å². The summed E-state index contributed by atoms with van der Waals surface area (Å²) < 4.78 is 12.0. The number of hydrogen-bond acceptors (Lipinski definition) is 4. The first-order valence-corrected chi connectivity index (χ1v) is 13.9. The highest BCUT2D eigenvalue weighted by atomic mass is 16.7. The maximum absolute atomic E-state index is 13.3. The number of fused-ring (bicyclic) bond motifs is 2. The third-order valence-corrected chi connectivity index (χ3v) is 10.3. The highest BCUT2D eigenvalue weighted by Crippen LogP contribution is 2.82. The second kappa shape index (κ2) is 10.0. The molecule has 0 saturated heterocycles. The lowest BCUT2D eigenvalue weighted by Crippen LogP contribution is -2.63. The molecule has 0 aromatic heterocycles. The molecule has 5 heteroatoms. The highest BCUT2D eigenvalue weighted by Gasteiger charge is 2.84. The third kappa shape index (κ3) is 3.55. The Hall–Kier alpha value is -1.20. The van der Waals surface area contributed by atoms with Crippen molar-refractivity contribution in [2.75, 3.05) is 20.0 Å². The Labute approximate surface area is 206 Å². The van der Waals surface area contributed by atoms with E-state index >= 15 is 0 Å². The van der Waals surface area contributed by atoms with Gasteiger partial charge in [0.2, 0.25) is 0 Å². The van der Waals surface area contributed by atoms with Crippen LogP contribution in [0, 0.1) is 45.8 Å². The third-order valence-electron chi connectivity index (χ3n) is 10.3. The minimum absolute atomic E-state index is 0.0857. The van der Waals surface area contributed by atoms with Gasteiger partial charge in [-0.15, -0.1) is 0 Å². The lowest BCUT2D eigenvalue weighted by molar-refractivity contribution is -0.192. The number of rotatable bonds is 14. The van der Waals surface area contributed by atoms with Crippen molar-refractivity contribution in [3.8, 4) is 0 Å². The highest BCUT2D eigenvalue weighted by molar-refractivity contribution is 5.90. The van der Waals surface area contributed by atoms with Gasteiger partial charge in [-0.1, -0.05) is 77.9 Å². The molecule has 1 N–H and O–H groups in total. The first-order chi connectivity index (χ1) is 16.3. The van der Waals surface area contributed by atoms with Crippen LogP contribution in [0.1, 0.15) is 91.9 Å². The van der Waals surface area contributed by atoms with E-state index < -0.39 is 22.2 Å². The lowest BCUT2D eigenvalue weighted by Gasteiger charge is -2.58. The molecule has 0 amide bonds. The Balaban J connectivity index is 1.51. The van der Waals surface area contributed by atoms with Gasteiger partial charge in [0, 0.05) is 12.0 Å². The summed E-state index contributed by atoms with van der Waals surface area (Å²) in [5.41, 5.74) is -1.54. The molecule has 4 aliphatic carbocycles. The van der Waals surface area contributed by atoms with Crippen molar-refractivity contribution in [2.24, 2.45) is 45.8 Å². The second-order valence-corrected chi connectivity index (χ2v) is 12.1. The molecule has 0 aromatic rings. The first kappa shape index (κ1) is 25.9. The molecule has 4 bridgehead atoms.